The summed E-state index contributed by atoms with van der Waals surface area (Å²) in [7, 11) is 7.20. The number of fused-ring (bicyclic) bond motifs is 3. The number of benzene rings is 3. The Balaban J connectivity index is 0.000000178. The van der Waals surface area contributed by atoms with Gasteiger partial charge in [-0.2, -0.15) is 0 Å². The summed E-state index contributed by atoms with van der Waals surface area (Å²) in [6.45, 7) is 33.8. The average molecular weight is 1170 g/mol. The van der Waals surface area contributed by atoms with Gasteiger partial charge in [0.2, 0.25) is 0 Å². The number of nitrogen functional groups attached to an aromatic ring is 3. The van der Waals surface area contributed by atoms with Gasteiger partial charge in [-0.05, 0) is 72.4 Å². The highest BCUT2D eigenvalue weighted by atomic mass is 16.5. The van der Waals surface area contributed by atoms with Crippen molar-refractivity contribution in [2.24, 2.45) is 0 Å². The molecule has 0 saturated carbocycles. The molecule has 3 aromatic carbocycles. The molecule has 3 atom stereocenters. The number of rotatable bonds is 21. The lowest BCUT2D eigenvalue weighted by Crippen LogP contribution is -2.54. The van der Waals surface area contributed by atoms with Crippen LogP contribution in [0.15, 0.2) is 54.6 Å². The largest absolute Gasteiger partial charge is 0.399 e. The number of quaternary nitrogens is 3. The van der Waals surface area contributed by atoms with Crippen molar-refractivity contribution in [2.75, 3.05) is 256 Å². The van der Waals surface area contributed by atoms with Crippen molar-refractivity contribution in [1.29, 1.82) is 0 Å². The molecule has 474 valence electrons. The first-order valence-electron chi connectivity index (χ1n) is 32.0. The zero-order valence-electron chi connectivity index (χ0n) is 50.6. The Hall–Kier alpha value is -3.98. The molecule has 0 amide bonds. The predicted molar refractivity (Wildman–Crippen MR) is 353 cm³/mol. The molecule has 3 unspecified atom stereocenters. The summed E-state index contributed by atoms with van der Waals surface area (Å²) in [6, 6.07) is 18.9. The summed E-state index contributed by atoms with van der Waals surface area (Å²) in [5.74, 6) is 0. The maximum absolute atomic E-state index is 6.09. The Morgan fingerprint density at radius 3 is 1.20 bits per heavy atom. The lowest BCUT2D eigenvalue weighted by atomic mass is 10.1. The van der Waals surface area contributed by atoms with Gasteiger partial charge in [-0.15, -0.1) is 0 Å². The van der Waals surface area contributed by atoms with Crippen LogP contribution in [0.1, 0.15) is 77.5 Å². The van der Waals surface area contributed by atoms with E-state index in [-0.39, 0.29) is 22.3 Å². The molecule has 6 fully saturated rings. The predicted octanol–water partition coefficient (Wildman–Crippen LogP) is 6.23. The molecule has 9 aliphatic heterocycles. The Kier molecular flexibility index (Phi) is 26.0. The minimum atomic E-state index is 0. The van der Waals surface area contributed by atoms with E-state index in [0.717, 1.165) is 187 Å². The van der Waals surface area contributed by atoms with Gasteiger partial charge < -0.3 is 69.6 Å². The summed E-state index contributed by atoms with van der Waals surface area (Å²) in [5, 5.41) is 3.64. The van der Waals surface area contributed by atoms with Gasteiger partial charge in [-0.1, -0.05) is 40.5 Å². The number of nitrogens with two attached hydrogens (primary N) is 3. The van der Waals surface area contributed by atoms with E-state index in [9.17, 15) is 0 Å². The van der Waals surface area contributed by atoms with E-state index in [0.29, 0.717) is 18.3 Å². The quantitative estimate of drug-likeness (QED) is 0.0543. The van der Waals surface area contributed by atoms with E-state index >= 15 is 0 Å². The van der Waals surface area contributed by atoms with Crippen molar-refractivity contribution in [1.82, 2.24) is 20.0 Å². The third-order valence-electron chi connectivity index (χ3n) is 19.7. The van der Waals surface area contributed by atoms with E-state index in [1.807, 2.05) is 18.2 Å². The van der Waals surface area contributed by atoms with Crippen molar-refractivity contribution >= 4 is 34.1 Å². The highest BCUT2D eigenvalue weighted by Crippen LogP contribution is 2.32. The molecule has 6 saturated heterocycles. The average Bonchev–Trinajstić information content (AvgIpc) is 4.52. The summed E-state index contributed by atoms with van der Waals surface area (Å²) in [5.41, 5.74) is 28.7. The van der Waals surface area contributed by atoms with Gasteiger partial charge in [0.05, 0.1) is 93.4 Å². The van der Waals surface area contributed by atoms with Gasteiger partial charge in [0.25, 0.3) is 0 Å². The van der Waals surface area contributed by atoms with Crippen LogP contribution in [0.2, 0.25) is 0 Å². The zero-order valence-corrected chi connectivity index (χ0v) is 50.6. The number of likely N-dealkylation sites (tertiary alicyclic amines) is 3. The maximum Gasteiger partial charge on any atom is 0.119 e. The molecule has 9 aliphatic rings. The molecule has 12 rings (SSSR count). The van der Waals surface area contributed by atoms with Crippen LogP contribution in [0.3, 0.4) is 0 Å². The Morgan fingerprint density at radius 1 is 0.440 bits per heavy atom. The molecule has 0 aromatic heterocycles. The first kappa shape index (κ1) is 67.5. The number of hydrogen-bond acceptors (Lipinski definition) is 14. The van der Waals surface area contributed by atoms with Crippen LogP contribution in [-0.4, -0.2) is 271 Å². The molecule has 17 nitrogen and oxygen atoms in total. The SMILES string of the molecule is C.C.C.C[N+]1(CC2CN(CCN3CCc4ccc(N)cc43)CCO2)CCCC1.C[N+]1(CC2CN(CCNCCN3CCc4ccc(N)cc43)CCO2)CCCC1.C[N+]1(CC2CN(CCOCCN3CCc4ccc(N)cc43)CCO2)CCCC1. The van der Waals surface area contributed by atoms with Crippen LogP contribution < -0.4 is 37.2 Å². The van der Waals surface area contributed by atoms with Crippen LogP contribution in [0.25, 0.3) is 0 Å². The zero-order chi connectivity index (χ0) is 56.1. The van der Waals surface area contributed by atoms with Crippen LogP contribution in [0.5, 0.6) is 0 Å². The van der Waals surface area contributed by atoms with Gasteiger partial charge >= 0.3 is 0 Å². The van der Waals surface area contributed by atoms with Crippen LogP contribution in [-0.2, 0) is 38.2 Å². The molecule has 17 heteroatoms. The first-order valence-corrected chi connectivity index (χ1v) is 32.0. The molecule has 0 spiro atoms. The number of nitrogens with one attached hydrogen (secondary N) is 1. The number of likely N-dealkylation sites (N-methyl/N-ethyl adjacent to an activating group) is 3. The fourth-order valence-corrected chi connectivity index (χ4v) is 15.0. The van der Waals surface area contributed by atoms with Crippen LogP contribution >= 0.6 is 0 Å². The Bertz CT molecular complexity index is 2300. The van der Waals surface area contributed by atoms with Gasteiger partial charge in [0.1, 0.15) is 37.9 Å². The van der Waals surface area contributed by atoms with E-state index in [2.05, 4.69) is 92.3 Å². The lowest BCUT2D eigenvalue weighted by molar-refractivity contribution is -0.900. The van der Waals surface area contributed by atoms with Crippen LogP contribution in [0.4, 0.5) is 34.1 Å². The third kappa shape index (κ3) is 19.3. The van der Waals surface area contributed by atoms with E-state index < -0.39 is 0 Å². The summed E-state index contributed by atoms with van der Waals surface area (Å²) >= 11 is 0. The minimum Gasteiger partial charge on any atom is -0.399 e. The van der Waals surface area contributed by atoms with E-state index in [1.54, 1.807) is 0 Å². The van der Waals surface area contributed by atoms with Gasteiger partial charge in [-0.3, -0.25) is 14.7 Å². The highest BCUT2D eigenvalue weighted by Gasteiger charge is 2.36. The molecule has 0 radical (unpaired) electrons. The highest BCUT2D eigenvalue weighted by molar-refractivity contribution is 5.66. The molecule has 0 bridgehead atoms. The number of anilines is 6. The normalized spacial score (nSPS) is 24.2. The molecule has 84 heavy (non-hydrogen) atoms. The van der Waals surface area contributed by atoms with Crippen molar-refractivity contribution in [3.8, 4) is 0 Å². The number of hydrogen-bond donors (Lipinski definition) is 4. The van der Waals surface area contributed by atoms with Gasteiger partial charge in [0, 0.05) is 184 Å². The smallest absolute Gasteiger partial charge is 0.119 e. The number of ether oxygens (including phenoxy) is 4. The minimum absolute atomic E-state index is 0. The van der Waals surface area contributed by atoms with Crippen molar-refractivity contribution in [3.05, 3.63) is 71.3 Å². The second-order valence-electron chi connectivity index (χ2n) is 26.5. The molecular formula is C67H120N13O4+3. The Morgan fingerprint density at radius 2 is 0.786 bits per heavy atom. The molecule has 3 aromatic rings. The monoisotopic (exact) mass is 1170 g/mol. The van der Waals surface area contributed by atoms with Crippen molar-refractivity contribution < 1.29 is 32.4 Å². The fourth-order valence-electron chi connectivity index (χ4n) is 15.0. The van der Waals surface area contributed by atoms with E-state index in [4.69, 9.17) is 36.1 Å². The van der Waals surface area contributed by atoms with Crippen molar-refractivity contribution in [2.45, 2.75) is 98.4 Å². The molecule has 9 heterocycles. The second-order valence-corrected chi connectivity index (χ2v) is 26.5. The standard InChI is InChI=1S/C22H38N5O.C22H37N4O2.C20H33N4O.3CH4/c1-27(13-2-3-14-27)18-21-17-25(12-15-28-21)10-7-24-8-11-26-9-6-19-4-5-20(23)16-22(19)26;1-26(11-2-3-12-26)18-21-17-24(9-15-28-21)8-13-27-14-10-25-7-6-19-4-5-20(23)16-22(19)25;1-24(11-2-3-12-24)16-19-15-22(10-13-25-19)8-9-23-7-6-17-4-5-18(21)14-20(17)23;;;/h4-5,16,21,24H,2-3,6-15,17-18,23H2,1H3;4-5,16,21H,2-3,6-15,17-18,23H2,1H3;4-5,14,19H,2-3,6-13,15-16,21H2,1H3;3*1H4/q3*+1;;;. The molecule has 7 N–H and O–H groups in total. The molecular weight excluding hydrogens is 1050 g/mol. The number of nitrogens with zero attached hydrogens (tertiary/aromatic N) is 9. The topological polar surface area (TPSA) is 146 Å². The molecule has 0 aliphatic carbocycles. The van der Waals surface area contributed by atoms with Crippen LogP contribution in [0, 0.1) is 0 Å². The first-order chi connectivity index (χ1) is 39.3. The maximum atomic E-state index is 6.09. The fraction of sp³-hybridized carbons (Fsp3) is 0.731. The summed E-state index contributed by atoms with van der Waals surface area (Å²) in [6.07, 6.45) is 12.8. The summed E-state index contributed by atoms with van der Waals surface area (Å²) in [4.78, 5) is 15.1. The lowest BCUT2D eigenvalue weighted by Gasteiger charge is -2.38. The van der Waals surface area contributed by atoms with Gasteiger partial charge in [0.15, 0.2) is 0 Å². The Labute approximate surface area is 510 Å². The second kappa shape index (κ2) is 32.3. The summed E-state index contributed by atoms with van der Waals surface area (Å²) < 4.78 is 27.8. The third-order valence-corrected chi connectivity index (χ3v) is 19.7. The number of morpholine rings is 3. The van der Waals surface area contributed by atoms with E-state index in [1.165, 1.54) is 138 Å². The van der Waals surface area contributed by atoms with Gasteiger partial charge in [-0.25, -0.2) is 0 Å². The van der Waals surface area contributed by atoms with Crippen molar-refractivity contribution in [3.63, 3.8) is 0 Å².